The van der Waals surface area contributed by atoms with Gasteiger partial charge in [0, 0.05) is 184 Å². The van der Waals surface area contributed by atoms with Crippen molar-refractivity contribution < 1.29 is 110 Å². The number of carbonyl (C=O) groups is 2. The van der Waals surface area contributed by atoms with Gasteiger partial charge in [-0.15, -0.1) is 11.6 Å². The third-order valence-electron chi connectivity index (χ3n) is 15.0. The van der Waals surface area contributed by atoms with E-state index >= 15 is 0 Å². The Hall–Kier alpha value is -7.48. The van der Waals surface area contributed by atoms with Crippen LogP contribution in [0.1, 0.15) is 61.2 Å². The number of nitrogens with zero attached hydrogens (tertiary/aromatic N) is 14. The molecule has 13 rings (SSSR count). The van der Waals surface area contributed by atoms with E-state index in [9.17, 15) is 28.8 Å². The number of carbonyl (C=O) groups excluding carboxylic acids is 2. The van der Waals surface area contributed by atoms with Gasteiger partial charge in [0.05, 0.1) is 92.3 Å². The molecule has 0 fully saturated rings. The zero-order valence-corrected chi connectivity index (χ0v) is 82.6. The van der Waals surface area contributed by atoms with E-state index < -0.39 is 25.2 Å². The van der Waals surface area contributed by atoms with Gasteiger partial charge in [0.1, 0.15) is 77.4 Å². The second-order valence-electron chi connectivity index (χ2n) is 23.0. The first-order valence-electron chi connectivity index (χ1n) is 33.1. The third kappa shape index (κ3) is 38.3. The number of benzene rings is 4. The molecule has 11 aromatic rings. The molecule has 0 radical (unpaired) electrons. The second kappa shape index (κ2) is 58.9. The fraction of sp³-hybridized carbons (Fsp3) is 0.260. The van der Waals surface area contributed by atoms with Crippen LogP contribution in [0.4, 0.5) is 44.0 Å². The first-order valence-corrected chi connectivity index (χ1v) is 42.0. The number of fused-ring (bicyclic) bond motifs is 2. The number of aromatic amines is 4. The molecule has 2 aliphatic rings. The number of rotatable bonds is 15. The average molecular weight is 2260 g/mol. The van der Waals surface area contributed by atoms with Crippen molar-refractivity contribution >= 4 is 226 Å². The number of hydrogen-bond donors (Lipinski definition) is 7. The predicted molar refractivity (Wildman–Crippen MR) is 498 cm³/mol. The minimum atomic E-state index is -3.72. The zero-order chi connectivity index (χ0) is 90.1. The summed E-state index contributed by atoms with van der Waals surface area (Å²) in [4.78, 5) is 120. The van der Waals surface area contributed by atoms with E-state index in [1.807, 2.05) is 41.2 Å². The summed E-state index contributed by atoms with van der Waals surface area (Å²) < 4.78 is 55.6. The van der Waals surface area contributed by atoms with Gasteiger partial charge in [-0.1, -0.05) is 103 Å². The third-order valence-corrected chi connectivity index (χ3v) is 18.7. The monoisotopic (exact) mass is 2260 g/mol. The van der Waals surface area contributed by atoms with Crippen molar-refractivity contribution in [2.75, 3.05) is 94.5 Å². The summed E-state index contributed by atoms with van der Waals surface area (Å²) in [7, 11) is 18.9. The van der Waals surface area contributed by atoms with E-state index in [0.717, 1.165) is 43.8 Å². The van der Waals surface area contributed by atoms with Crippen LogP contribution in [0, 0.1) is 6.92 Å². The summed E-state index contributed by atoms with van der Waals surface area (Å²) in [5.41, 5.74) is 11.2. The predicted octanol–water partition coefficient (Wildman–Crippen LogP) is 11.2. The molecule has 53 heteroatoms. The number of aromatic nitrogens is 14. The fourth-order valence-electron chi connectivity index (χ4n) is 9.35. The molecule has 2 aliphatic heterocycles. The van der Waals surface area contributed by atoms with Gasteiger partial charge in [-0.05, 0) is 82.6 Å². The summed E-state index contributed by atoms with van der Waals surface area (Å²) in [6.45, 7) is 2.59. The molecule has 126 heavy (non-hydrogen) atoms. The number of nitrogens with two attached hydrogens (primary N) is 1. The molecule has 8 N–H and O–H groups in total. The Morgan fingerprint density at radius 2 is 0.921 bits per heavy atom. The molecule has 0 saturated heterocycles. The van der Waals surface area contributed by atoms with Crippen LogP contribution in [-0.4, -0.2) is 159 Å². The van der Waals surface area contributed by atoms with E-state index in [1.54, 1.807) is 116 Å². The molecule has 4 amide bonds. The van der Waals surface area contributed by atoms with E-state index in [0.29, 0.717) is 97.4 Å². The Morgan fingerprint density at radius 1 is 0.524 bits per heavy atom. The van der Waals surface area contributed by atoms with Crippen LogP contribution in [0.5, 0.6) is 40.2 Å². The number of alkyl halides is 2. The number of nitrogen functional groups attached to an aromatic ring is 1. The van der Waals surface area contributed by atoms with Crippen LogP contribution < -0.4 is 140 Å². The number of aliphatic hydroxyl groups excluding tert-OH is 1. The number of aryl methyl sites for hydroxylation is 1. The maximum atomic E-state index is 12.9. The van der Waals surface area contributed by atoms with Crippen LogP contribution in [-0.2, 0) is 44.8 Å². The van der Waals surface area contributed by atoms with Gasteiger partial charge in [0.2, 0.25) is 26.4 Å². The van der Waals surface area contributed by atoms with E-state index in [-0.39, 0.29) is 154 Å². The standard InChI is InChI=1S/C15H13Cl3N4O3.C15H15ClN4O3.C13H13Cl2N3O2.C8H11NO.C5H3Cl3N2.C5H3Cl2IN2.C5H6N2O3.C4H4N2O2.3CH4.Cl2O2S.HI.Na/c1-21-13-7(5-19-14(18)20-13)6-22(15(21)23)12-10(16)8(24-2)4-9(25-3)11(12)17;1-19-13-9(7-17-14(16)18-13)8-20(15(19)21)10-4-11(22-2)6-12(5-10)23-3;1-19-10-3-9(4-11(5-10)20-2)16-6-8-7-17-13(15)18-12(8)14;1-6-3-7(9)5-8(4-6)10-2;6-1-3-2-9-5(8)10-4(3)7;6-4-3(1-8)2-9-5(7)10-4;8-2-3-1-6-5(10)7-4(3)9;7-3-1-2-5-4(8)6-3;;;;1-5(2,3)4;;/h4-5H,6H2,1-3H3;4-7H,8H2,1-3H3;3-5,7,16H,6H2,1-2H3;3-5H,9H2,1-2H3;2*2H,1H2;1,8H,2H2,(H2,6,7,9,10);1-2H,(H2,5,6,7,8);3*1H4;;1H;/q;;;;;;;;;;;;;+1/p-1. The summed E-state index contributed by atoms with van der Waals surface area (Å²) in [5.74, 6) is 5.35. The number of halogens is 15. The quantitative estimate of drug-likeness (QED) is 0.00953. The summed E-state index contributed by atoms with van der Waals surface area (Å²) in [6.07, 6.45) is 10.4. The Morgan fingerprint density at radius 3 is 1.30 bits per heavy atom. The maximum Gasteiger partial charge on any atom is 1.00 e. The number of hydrogen-bond acceptors (Lipinski definition) is 28. The van der Waals surface area contributed by atoms with Crippen molar-refractivity contribution in [2.45, 2.75) is 65.8 Å². The number of methoxy groups -OCH3 is 7. The van der Waals surface area contributed by atoms with Crippen LogP contribution in [0.3, 0.4) is 0 Å². The van der Waals surface area contributed by atoms with Crippen molar-refractivity contribution in [3.05, 3.63) is 243 Å². The minimum absolute atomic E-state index is 0. The largest absolute Gasteiger partial charge is 1.00 e. The van der Waals surface area contributed by atoms with Crippen molar-refractivity contribution in [3.8, 4) is 40.2 Å². The Bertz CT molecular complexity index is 5590. The molecule has 9 heterocycles. The van der Waals surface area contributed by atoms with Gasteiger partial charge in [-0.25, -0.2) is 59.0 Å². The number of aliphatic hydroxyl groups is 1. The number of urea groups is 2. The van der Waals surface area contributed by atoms with E-state index in [1.165, 1.54) is 53.6 Å². The molecular formula is C73H80Cl13I2N20NaO16S. The summed E-state index contributed by atoms with van der Waals surface area (Å²) in [6, 6.07) is 18.6. The number of H-pyrrole nitrogens is 4. The first-order chi connectivity index (χ1) is 57.2. The van der Waals surface area contributed by atoms with Gasteiger partial charge in [-0.2, -0.15) is 18.4 Å². The smallest absolute Gasteiger partial charge is 1.00 e. The molecular weight excluding hydrogens is 2180 g/mol. The SMILES string of the molecule is C.C.C.COc1cc(C)cc(N)c1.COc1cc(NCc2cnc(Cl)nc2Cl)cc(OC)c1.COc1cc(OC)c(Cl)c(N2Cc3cnc(Cl)nc3N(C)C2=O)c1Cl.COc1cc(OC)cc(N2Cc3cnc(Cl)nc3N(C)C2=O)c1.ClCc1cnc(Cl)nc1Cl.Clc1ncc(CI)c(Cl)n1.O=S(=O)(Cl)Cl.O=c1[nH]cc(CO)c(=O)[nH]1.O=c1cc[nH]c(=O)[nH]1.[I-].[Na+]. The topological polar surface area (TPSA) is 464 Å². The molecule has 680 valence electrons. The minimum Gasteiger partial charge on any atom is -1.00 e. The van der Waals surface area contributed by atoms with Crippen LogP contribution in [0.2, 0.25) is 51.9 Å². The maximum absolute atomic E-state index is 12.9. The van der Waals surface area contributed by atoms with Crippen LogP contribution >= 0.6 is 172 Å². The summed E-state index contributed by atoms with van der Waals surface area (Å²) >= 11 is 66.0. The average Bonchev–Trinajstić information content (AvgIpc) is 0.758. The second-order valence-corrected chi connectivity index (χ2v) is 31.2. The number of amides is 4. The van der Waals surface area contributed by atoms with Gasteiger partial charge in [-0.3, -0.25) is 39.2 Å². The van der Waals surface area contributed by atoms with Crippen molar-refractivity contribution in [1.29, 1.82) is 0 Å². The van der Waals surface area contributed by atoms with Gasteiger partial charge >= 0.3 is 61.3 Å². The van der Waals surface area contributed by atoms with E-state index in [4.69, 9.17) is 180 Å². The molecule has 4 aromatic carbocycles. The van der Waals surface area contributed by atoms with E-state index in [2.05, 4.69) is 109 Å². The molecule has 7 aromatic heterocycles. The van der Waals surface area contributed by atoms with Gasteiger partial charge < -0.3 is 83.3 Å². The van der Waals surface area contributed by atoms with Gasteiger partial charge in [0.25, 0.3) is 11.1 Å². The van der Waals surface area contributed by atoms with Crippen LogP contribution in [0.15, 0.2) is 129 Å². The molecule has 0 spiro atoms. The fourth-order valence-corrected chi connectivity index (χ4v) is 12.5. The zero-order valence-electron chi connectivity index (χ0n) is 65.6. The molecule has 36 nitrogen and oxygen atoms in total. The Balaban J connectivity index is 0.00000144. The first kappa shape index (κ1) is 119. The Labute approximate surface area is 840 Å². The number of ether oxygens (including phenoxy) is 7. The molecule has 0 atom stereocenters. The molecule has 0 saturated carbocycles. The van der Waals surface area contributed by atoms with Crippen molar-refractivity contribution in [3.63, 3.8) is 0 Å². The number of nitrogens with one attached hydrogen (secondary N) is 5. The Kier molecular flexibility index (Phi) is 55.4. The number of anilines is 6. The van der Waals surface area contributed by atoms with Crippen LogP contribution in [0.25, 0.3) is 0 Å². The molecule has 0 unspecified atom stereocenters. The molecule has 0 aliphatic carbocycles. The van der Waals surface area contributed by atoms with Crippen molar-refractivity contribution in [1.82, 2.24) is 69.8 Å². The van der Waals surface area contributed by atoms with Crippen molar-refractivity contribution in [2.24, 2.45) is 0 Å². The van der Waals surface area contributed by atoms with Gasteiger partial charge in [0.15, 0.2) is 0 Å². The normalized spacial score (nSPS) is 11.0. The molecule has 0 bridgehead atoms. The summed E-state index contributed by atoms with van der Waals surface area (Å²) in [5, 5.41) is 13.8.